The summed E-state index contributed by atoms with van der Waals surface area (Å²) in [6.45, 7) is 5.53. The molecular formula is C13H19BrN2. The number of nitrogens with zero attached hydrogens (tertiary/aromatic N) is 1. The molecule has 0 unspecified atom stereocenters. The molecule has 1 aliphatic carbocycles. The second kappa shape index (κ2) is 4.84. The lowest BCUT2D eigenvalue weighted by Gasteiger charge is -2.17. The van der Waals surface area contributed by atoms with Gasteiger partial charge >= 0.3 is 0 Å². The molecule has 1 aromatic rings. The molecule has 0 bridgehead atoms. The van der Waals surface area contributed by atoms with Crippen LogP contribution in [0, 0.1) is 5.41 Å². The third kappa shape index (κ3) is 3.29. The molecule has 1 heterocycles. The summed E-state index contributed by atoms with van der Waals surface area (Å²) in [6, 6.07) is 4.78. The molecule has 88 valence electrons. The van der Waals surface area contributed by atoms with Gasteiger partial charge in [-0.1, -0.05) is 13.8 Å². The largest absolute Gasteiger partial charge is 0.314 e. The summed E-state index contributed by atoms with van der Waals surface area (Å²) in [5, 5.41) is 3.54. The molecule has 0 aromatic carbocycles. The van der Waals surface area contributed by atoms with Crippen molar-refractivity contribution in [2.45, 2.75) is 39.2 Å². The van der Waals surface area contributed by atoms with E-state index in [1.807, 2.05) is 6.20 Å². The van der Waals surface area contributed by atoms with Gasteiger partial charge in [0, 0.05) is 29.0 Å². The van der Waals surface area contributed by atoms with Gasteiger partial charge in [-0.25, -0.2) is 0 Å². The van der Waals surface area contributed by atoms with Crippen LogP contribution in [0.3, 0.4) is 0 Å². The Morgan fingerprint density at radius 1 is 1.44 bits per heavy atom. The molecule has 0 spiro atoms. The van der Waals surface area contributed by atoms with Crippen molar-refractivity contribution in [1.82, 2.24) is 10.3 Å². The van der Waals surface area contributed by atoms with Crippen LogP contribution in [-0.2, 0) is 6.42 Å². The van der Waals surface area contributed by atoms with Crippen LogP contribution in [0.4, 0.5) is 0 Å². The van der Waals surface area contributed by atoms with Crippen LogP contribution in [0.2, 0.25) is 0 Å². The summed E-state index contributed by atoms with van der Waals surface area (Å²) in [5.41, 5.74) is 1.71. The molecule has 1 N–H and O–H groups in total. The number of aromatic nitrogens is 1. The van der Waals surface area contributed by atoms with Crippen molar-refractivity contribution >= 4 is 15.9 Å². The topological polar surface area (TPSA) is 24.9 Å². The Morgan fingerprint density at radius 3 is 2.69 bits per heavy atom. The summed E-state index contributed by atoms with van der Waals surface area (Å²) in [7, 11) is 0. The zero-order valence-corrected chi connectivity index (χ0v) is 11.5. The van der Waals surface area contributed by atoms with Gasteiger partial charge in [0.05, 0.1) is 0 Å². The Morgan fingerprint density at radius 2 is 2.19 bits per heavy atom. The van der Waals surface area contributed by atoms with Gasteiger partial charge < -0.3 is 5.32 Å². The minimum absolute atomic E-state index is 0.491. The maximum Gasteiger partial charge on any atom is 0.0413 e. The van der Waals surface area contributed by atoms with E-state index in [-0.39, 0.29) is 0 Å². The average molecular weight is 283 g/mol. The fraction of sp³-hybridized carbons (Fsp3) is 0.615. The van der Waals surface area contributed by atoms with Crippen LogP contribution >= 0.6 is 15.9 Å². The van der Waals surface area contributed by atoms with Crippen LogP contribution in [0.15, 0.2) is 22.8 Å². The smallest absolute Gasteiger partial charge is 0.0413 e. The summed E-state index contributed by atoms with van der Waals surface area (Å²) < 4.78 is 1.06. The Balaban J connectivity index is 1.91. The third-order valence-electron chi connectivity index (χ3n) is 3.19. The number of pyridine rings is 1. The molecule has 1 saturated carbocycles. The summed E-state index contributed by atoms with van der Waals surface area (Å²) >= 11 is 3.42. The molecule has 0 amide bonds. The highest BCUT2D eigenvalue weighted by atomic mass is 79.9. The predicted octanol–water partition coefficient (Wildman–Crippen LogP) is 3.16. The molecule has 0 radical (unpaired) electrons. The standard InChI is InChI=1S/C13H19BrN2/c1-10(2)16-9-13(5-6-13)7-12-4-3-11(14)8-15-12/h3-4,8,10,16H,5-7,9H2,1-2H3. The monoisotopic (exact) mass is 282 g/mol. The van der Waals surface area contributed by atoms with Crippen molar-refractivity contribution in [3.63, 3.8) is 0 Å². The number of rotatable bonds is 5. The molecule has 0 aliphatic heterocycles. The van der Waals surface area contributed by atoms with Crippen molar-refractivity contribution in [3.8, 4) is 0 Å². The van der Waals surface area contributed by atoms with Crippen molar-refractivity contribution in [2.75, 3.05) is 6.54 Å². The molecule has 1 aromatic heterocycles. The number of nitrogens with one attached hydrogen (secondary N) is 1. The van der Waals surface area contributed by atoms with E-state index in [0.717, 1.165) is 17.4 Å². The Bertz CT molecular complexity index is 341. The van der Waals surface area contributed by atoms with Crippen molar-refractivity contribution in [1.29, 1.82) is 0 Å². The molecule has 0 saturated heterocycles. The Kier molecular flexibility index (Phi) is 3.65. The van der Waals surface area contributed by atoms with E-state index >= 15 is 0 Å². The second-order valence-corrected chi connectivity index (χ2v) is 6.10. The average Bonchev–Trinajstić information content (AvgIpc) is 3.00. The molecule has 1 aliphatic rings. The first-order chi connectivity index (χ1) is 7.60. The summed E-state index contributed by atoms with van der Waals surface area (Å²) in [6.07, 6.45) is 5.68. The van der Waals surface area contributed by atoms with Crippen LogP contribution in [0.1, 0.15) is 32.4 Å². The highest BCUT2D eigenvalue weighted by Crippen LogP contribution is 2.47. The summed E-state index contributed by atoms with van der Waals surface area (Å²) in [4.78, 5) is 4.46. The highest BCUT2D eigenvalue weighted by molar-refractivity contribution is 9.10. The van der Waals surface area contributed by atoms with E-state index in [4.69, 9.17) is 0 Å². The van der Waals surface area contributed by atoms with E-state index in [1.165, 1.54) is 18.5 Å². The third-order valence-corrected chi connectivity index (χ3v) is 3.66. The molecular weight excluding hydrogens is 264 g/mol. The fourth-order valence-corrected chi connectivity index (χ4v) is 2.14. The maximum atomic E-state index is 4.46. The highest BCUT2D eigenvalue weighted by Gasteiger charge is 2.42. The van der Waals surface area contributed by atoms with Gasteiger partial charge in [-0.15, -0.1) is 0 Å². The first-order valence-corrected chi connectivity index (χ1v) is 6.73. The van der Waals surface area contributed by atoms with Crippen molar-refractivity contribution < 1.29 is 0 Å². The zero-order chi connectivity index (χ0) is 11.6. The molecule has 16 heavy (non-hydrogen) atoms. The van der Waals surface area contributed by atoms with E-state index in [2.05, 4.69) is 52.2 Å². The summed E-state index contributed by atoms with van der Waals surface area (Å²) in [5.74, 6) is 0. The lowest BCUT2D eigenvalue weighted by molar-refractivity contribution is 0.426. The molecule has 2 nitrogen and oxygen atoms in total. The van der Waals surface area contributed by atoms with Gasteiger partial charge in [-0.05, 0) is 52.7 Å². The predicted molar refractivity (Wildman–Crippen MR) is 70.4 cm³/mol. The minimum atomic E-state index is 0.491. The van der Waals surface area contributed by atoms with Gasteiger partial charge in [0.25, 0.3) is 0 Å². The van der Waals surface area contributed by atoms with Crippen LogP contribution in [-0.4, -0.2) is 17.6 Å². The maximum absolute atomic E-state index is 4.46. The lowest BCUT2D eigenvalue weighted by Crippen LogP contribution is -2.31. The SMILES string of the molecule is CC(C)NCC1(Cc2ccc(Br)cn2)CC1. The van der Waals surface area contributed by atoms with Crippen LogP contribution in [0.5, 0.6) is 0 Å². The quantitative estimate of drug-likeness (QED) is 0.897. The van der Waals surface area contributed by atoms with E-state index in [0.29, 0.717) is 11.5 Å². The number of halogens is 1. The van der Waals surface area contributed by atoms with Crippen molar-refractivity contribution in [3.05, 3.63) is 28.5 Å². The molecule has 0 atom stereocenters. The zero-order valence-electron chi connectivity index (χ0n) is 9.96. The Hall–Kier alpha value is -0.410. The molecule has 3 heteroatoms. The molecule has 2 rings (SSSR count). The van der Waals surface area contributed by atoms with Gasteiger partial charge in [0.1, 0.15) is 0 Å². The minimum Gasteiger partial charge on any atom is -0.314 e. The van der Waals surface area contributed by atoms with E-state index in [1.54, 1.807) is 0 Å². The van der Waals surface area contributed by atoms with Gasteiger partial charge in [-0.3, -0.25) is 4.98 Å². The van der Waals surface area contributed by atoms with Gasteiger partial charge in [0.15, 0.2) is 0 Å². The van der Waals surface area contributed by atoms with Crippen LogP contribution < -0.4 is 5.32 Å². The van der Waals surface area contributed by atoms with Gasteiger partial charge in [0.2, 0.25) is 0 Å². The normalized spacial score (nSPS) is 17.8. The Labute approximate surface area is 106 Å². The number of hydrogen-bond donors (Lipinski definition) is 1. The lowest BCUT2D eigenvalue weighted by atomic mass is 9.99. The number of hydrogen-bond acceptors (Lipinski definition) is 2. The fourth-order valence-electron chi connectivity index (χ4n) is 1.91. The first-order valence-electron chi connectivity index (χ1n) is 5.93. The van der Waals surface area contributed by atoms with Crippen molar-refractivity contribution in [2.24, 2.45) is 5.41 Å². The molecule has 1 fully saturated rings. The van der Waals surface area contributed by atoms with Gasteiger partial charge in [-0.2, -0.15) is 0 Å². The van der Waals surface area contributed by atoms with E-state index < -0.39 is 0 Å². The van der Waals surface area contributed by atoms with E-state index in [9.17, 15) is 0 Å². The van der Waals surface area contributed by atoms with Crippen LogP contribution in [0.25, 0.3) is 0 Å². The second-order valence-electron chi connectivity index (χ2n) is 5.18. The first kappa shape index (κ1) is 12.1.